The molecule has 0 bridgehead atoms. The number of nitrogens with zero attached hydrogens (tertiary/aromatic N) is 1. The molecule has 0 saturated heterocycles. The topological polar surface area (TPSA) is 56.6 Å². The highest BCUT2D eigenvalue weighted by Gasteiger charge is 2.04. The monoisotopic (exact) mass is 283 g/mol. The zero-order valence-electron chi connectivity index (χ0n) is 8.83. The number of halogens is 1. The summed E-state index contributed by atoms with van der Waals surface area (Å²) in [5.74, 6) is 1.12. The Balaban J connectivity index is 1.94. The first-order chi connectivity index (χ1) is 7.75. The number of guanidine groups is 1. The second-order valence-electron chi connectivity index (χ2n) is 3.65. The smallest absolute Gasteiger partial charge is 0.191 e. The van der Waals surface area contributed by atoms with Crippen molar-refractivity contribution < 1.29 is 5.11 Å². The van der Waals surface area contributed by atoms with Gasteiger partial charge in [0.1, 0.15) is 5.75 Å². The predicted octanol–water partition coefficient (Wildman–Crippen LogP) is 1.59. The van der Waals surface area contributed by atoms with Crippen LogP contribution in [0.25, 0.3) is 0 Å². The summed E-state index contributed by atoms with van der Waals surface area (Å²) in [5.41, 5.74) is 1.10. The maximum absolute atomic E-state index is 9.36. The molecule has 0 aromatic heterocycles. The van der Waals surface area contributed by atoms with Gasteiger partial charge in [0.25, 0.3) is 0 Å². The van der Waals surface area contributed by atoms with Gasteiger partial charge < -0.3 is 15.7 Å². The van der Waals surface area contributed by atoms with Crippen LogP contribution in [0.5, 0.6) is 5.75 Å². The Morgan fingerprint density at radius 1 is 1.50 bits per heavy atom. The minimum absolute atomic E-state index is 0.261. The lowest BCUT2D eigenvalue weighted by molar-refractivity contribution is 0.471. The maximum Gasteiger partial charge on any atom is 0.191 e. The van der Waals surface area contributed by atoms with Crippen molar-refractivity contribution in [2.24, 2.45) is 4.99 Å². The summed E-state index contributed by atoms with van der Waals surface area (Å²) in [6.45, 7) is 2.56. The summed E-state index contributed by atoms with van der Waals surface area (Å²) in [5, 5.41) is 15.8. The fourth-order valence-corrected chi connectivity index (χ4v) is 1.92. The van der Waals surface area contributed by atoms with Gasteiger partial charge in [-0.2, -0.15) is 0 Å². The number of hydrogen-bond acceptors (Lipinski definition) is 4. The molecule has 0 spiro atoms. The third-order valence-electron chi connectivity index (χ3n) is 2.37. The molecule has 3 N–H and O–H groups in total. The highest BCUT2D eigenvalue weighted by molar-refractivity contribution is 9.10. The van der Waals surface area contributed by atoms with E-state index in [1.54, 1.807) is 6.07 Å². The van der Waals surface area contributed by atoms with Crippen molar-refractivity contribution in [3.63, 3.8) is 0 Å². The first-order valence-electron chi connectivity index (χ1n) is 5.25. The van der Waals surface area contributed by atoms with Gasteiger partial charge in [0.15, 0.2) is 5.96 Å². The SMILES string of the molecule is Oc1ccc(CNC2=NCCCN2)cc1Br. The molecule has 1 aromatic rings. The number of phenolic OH excluding ortho intramolecular Hbond substituents is 1. The Morgan fingerprint density at radius 3 is 3.06 bits per heavy atom. The largest absolute Gasteiger partial charge is 0.507 e. The van der Waals surface area contributed by atoms with Gasteiger partial charge >= 0.3 is 0 Å². The molecular formula is C11H14BrN3O. The van der Waals surface area contributed by atoms with Crippen molar-refractivity contribution in [3.05, 3.63) is 28.2 Å². The molecule has 0 radical (unpaired) electrons. The van der Waals surface area contributed by atoms with Crippen LogP contribution in [0.3, 0.4) is 0 Å². The number of nitrogens with one attached hydrogen (secondary N) is 2. The molecule has 0 fully saturated rings. The van der Waals surface area contributed by atoms with E-state index >= 15 is 0 Å². The van der Waals surface area contributed by atoms with Crippen LogP contribution in [-0.2, 0) is 6.54 Å². The van der Waals surface area contributed by atoms with Crippen molar-refractivity contribution in [2.45, 2.75) is 13.0 Å². The van der Waals surface area contributed by atoms with Gasteiger partial charge in [0.2, 0.25) is 0 Å². The van der Waals surface area contributed by atoms with Gasteiger partial charge in [-0.3, -0.25) is 4.99 Å². The van der Waals surface area contributed by atoms with Crippen LogP contribution in [0, 0.1) is 0 Å². The Kier molecular flexibility index (Phi) is 3.66. The summed E-state index contributed by atoms with van der Waals surface area (Å²) in [7, 11) is 0. The molecule has 86 valence electrons. The maximum atomic E-state index is 9.36. The molecule has 0 atom stereocenters. The van der Waals surface area contributed by atoms with Gasteiger partial charge in [-0.15, -0.1) is 0 Å². The van der Waals surface area contributed by atoms with Crippen molar-refractivity contribution >= 4 is 21.9 Å². The van der Waals surface area contributed by atoms with E-state index in [2.05, 4.69) is 31.6 Å². The van der Waals surface area contributed by atoms with Gasteiger partial charge in [0.05, 0.1) is 4.47 Å². The number of benzene rings is 1. The van der Waals surface area contributed by atoms with E-state index in [1.165, 1.54) is 0 Å². The molecule has 0 unspecified atom stereocenters. The Morgan fingerprint density at radius 2 is 2.38 bits per heavy atom. The van der Waals surface area contributed by atoms with Gasteiger partial charge in [-0.05, 0) is 40.0 Å². The van der Waals surface area contributed by atoms with Crippen molar-refractivity contribution in [1.82, 2.24) is 10.6 Å². The minimum atomic E-state index is 0.261. The molecule has 4 nitrogen and oxygen atoms in total. The standard InChI is InChI=1S/C11H14BrN3O/c12-9-6-8(2-3-10(9)16)7-15-11-13-4-1-5-14-11/h2-3,6,16H,1,4-5,7H2,(H2,13,14,15). The molecule has 1 aliphatic rings. The second-order valence-corrected chi connectivity index (χ2v) is 4.50. The molecule has 1 aromatic carbocycles. The lowest BCUT2D eigenvalue weighted by Gasteiger charge is -2.16. The second kappa shape index (κ2) is 5.21. The summed E-state index contributed by atoms with van der Waals surface area (Å²) in [6.07, 6.45) is 1.09. The van der Waals surface area contributed by atoms with Crippen LogP contribution >= 0.6 is 15.9 Å². The third-order valence-corrected chi connectivity index (χ3v) is 3.00. The van der Waals surface area contributed by atoms with Gasteiger partial charge in [-0.25, -0.2) is 0 Å². The summed E-state index contributed by atoms with van der Waals surface area (Å²) < 4.78 is 0.713. The molecule has 5 heteroatoms. The Labute approximate surface area is 103 Å². The Hall–Kier alpha value is -1.23. The van der Waals surface area contributed by atoms with Crippen LogP contribution in [0.15, 0.2) is 27.7 Å². The quantitative estimate of drug-likeness (QED) is 0.773. The average Bonchev–Trinajstić information content (AvgIpc) is 2.32. The van der Waals surface area contributed by atoms with E-state index in [0.29, 0.717) is 11.0 Å². The zero-order chi connectivity index (χ0) is 11.4. The van der Waals surface area contributed by atoms with Gasteiger partial charge in [0, 0.05) is 19.6 Å². The summed E-state index contributed by atoms with van der Waals surface area (Å²) in [4.78, 5) is 4.32. The van der Waals surface area contributed by atoms with Crippen molar-refractivity contribution in [3.8, 4) is 5.75 Å². The molecule has 0 amide bonds. The normalized spacial score (nSPS) is 15.2. The molecule has 16 heavy (non-hydrogen) atoms. The van der Waals surface area contributed by atoms with E-state index in [-0.39, 0.29) is 5.75 Å². The van der Waals surface area contributed by atoms with E-state index in [9.17, 15) is 5.11 Å². The number of phenols is 1. The van der Waals surface area contributed by atoms with Crippen LogP contribution in [0.2, 0.25) is 0 Å². The van der Waals surface area contributed by atoms with E-state index < -0.39 is 0 Å². The summed E-state index contributed by atoms with van der Waals surface area (Å²) in [6, 6.07) is 5.46. The fourth-order valence-electron chi connectivity index (χ4n) is 1.50. The number of aliphatic imine (C=N–C) groups is 1. The first kappa shape index (κ1) is 11.3. The van der Waals surface area contributed by atoms with Crippen LogP contribution in [0.1, 0.15) is 12.0 Å². The molecule has 0 saturated carbocycles. The van der Waals surface area contributed by atoms with E-state index in [0.717, 1.165) is 31.0 Å². The van der Waals surface area contributed by atoms with E-state index in [1.807, 2.05) is 12.1 Å². The first-order valence-corrected chi connectivity index (χ1v) is 6.04. The lowest BCUT2D eigenvalue weighted by atomic mass is 10.2. The highest BCUT2D eigenvalue weighted by Crippen LogP contribution is 2.24. The zero-order valence-corrected chi connectivity index (χ0v) is 10.4. The molecule has 2 rings (SSSR count). The molecule has 1 heterocycles. The predicted molar refractivity (Wildman–Crippen MR) is 67.6 cm³/mol. The van der Waals surface area contributed by atoms with Crippen LogP contribution in [0.4, 0.5) is 0 Å². The Bertz CT molecular complexity index is 406. The lowest BCUT2D eigenvalue weighted by Crippen LogP contribution is -2.40. The van der Waals surface area contributed by atoms with Crippen molar-refractivity contribution in [2.75, 3.05) is 13.1 Å². The average molecular weight is 284 g/mol. The highest BCUT2D eigenvalue weighted by atomic mass is 79.9. The van der Waals surface area contributed by atoms with Crippen LogP contribution in [-0.4, -0.2) is 24.2 Å². The molecule has 1 aliphatic heterocycles. The number of aromatic hydroxyl groups is 1. The minimum Gasteiger partial charge on any atom is -0.507 e. The molecule has 0 aliphatic carbocycles. The van der Waals surface area contributed by atoms with Crippen molar-refractivity contribution in [1.29, 1.82) is 0 Å². The van der Waals surface area contributed by atoms with Gasteiger partial charge in [-0.1, -0.05) is 6.07 Å². The number of rotatable bonds is 2. The number of hydrogen-bond donors (Lipinski definition) is 3. The molecular weight excluding hydrogens is 270 g/mol. The third kappa shape index (κ3) is 2.88. The fraction of sp³-hybridized carbons (Fsp3) is 0.364. The van der Waals surface area contributed by atoms with E-state index in [4.69, 9.17) is 0 Å². The summed E-state index contributed by atoms with van der Waals surface area (Å²) >= 11 is 3.29. The van der Waals surface area contributed by atoms with Crippen LogP contribution < -0.4 is 10.6 Å².